The molecule has 1 heterocycles. The number of benzene rings is 1. The molecule has 0 unspecified atom stereocenters. The zero-order chi connectivity index (χ0) is 14.2. The van der Waals surface area contributed by atoms with Gasteiger partial charge in [-0.2, -0.15) is 0 Å². The van der Waals surface area contributed by atoms with E-state index in [0.29, 0.717) is 20.9 Å². The van der Waals surface area contributed by atoms with Gasteiger partial charge in [-0.15, -0.1) is 0 Å². The molecule has 0 aliphatic carbocycles. The smallest absolute Gasteiger partial charge is 0.151 e. The van der Waals surface area contributed by atoms with Gasteiger partial charge in [0.05, 0.1) is 15.7 Å². The van der Waals surface area contributed by atoms with Crippen molar-refractivity contribution in [3.63, 3.8) is 0 Å². The Morgan fingerprint density at radius 3 is 2.47 bits per heavy atom. The summed E-state index contributed by atoms with van der Waals surface area (Å²) in [7, 11) is 0. The molecule has 0 aliphatic rings. The third kappa shape index (κ3) is 3.26. The fourth-order valence-electron chi connectivity index (χ4n) is 1.44. The normalized spacial score (nSPS) is 10.6. The molecule has 1 aromatic heterocycles. The summed E-state index contributed by atoms with van der Waals surface area (Å²) in [6.45, 7) is 1.92. The topological polar surface area (TPSA) is 50.9 Å². The summed E-state index contributed by atoms with van der Waals surface area (Å²) in [6.07, 6.45) is 0. The van der Waals surface area contributed by atoms with Crippen LogP contribution in [0.15, 0.2) is 22.7 Å². The molecular formula is C12H9BrCl3N3. The van der Waals surface area contributed by atoms with Crippen LogP contribution in [0.2, 0.25) is 15.1 Å². The van der Waals surface area contributed by atoms with Gasteiger partial charge < -0.3 is 11.1 Å². The average molecular weight is 381 g/mol. The first-order valence-electron chi connectivity index (χ1n) is 5.22. The monoisotopic (exact) mass is 379 g/mol. The number of nitrogens with one attached hydrogen (secondary N) is 1. The fourth-order valence-corrected chi connectivity index (χ4v) is 2.56. The number of nitrogens with zero attached hydrogens (tertiary/aromatic N) is 1. The standard InChI is InChI=1S/C12H9BrCl3N3/c1-5-2-6(13)10(4-7(5)14)18-12-9(16)3-8(15)11(17)19-12/h2-4H,1H3,(H3,17,18,19). The van der Waals surface area contributed by atoms with Crippen molar-refractivity contribution in [2.75, 3.05) is 11.1 Å². The van der Waals surface area contributed by atoms with E-state index in [0.717, 1.165) is 15.7 Å². The van der Waals surface area contributed by atoms with E-state index >= 15 is 0 Å². The highest BCUT2D eigenvalue weighted by Gasteiger charge is 2.10. The number of halogens is 4. The molecule has 0 bridgehead atoms. The van der Waals surface area contributed by atoms with Crippen LogP contribution in [0.4, 0.5) is 17.3 Å². The summed E-state index contributed by atoms with van der Waals surface area (Å²) in [4.78, 5) is 4.10. The predicted octanol–water partition coefficient (Wildman–Crippen LogP) is 5.44. The van der Waals surface area contributed by atoms with Crippen LogP contribution in [0.3, 0.4) is 0 Å². The molecule has 1 aromatic carbocycles. The van der Waals surface area contributed by atoms with Crippen molar-refractivity contribution in [2.24, 2.45) is 0 Å². The van der Waals surface area contributed by atoms with Crippen molar-refractivity contribution in [1.82, 2.24) is 4.98 Å². The quantitative estimate of drug-likeness (QED) is 0.728. The minimum atomic E-state index is 0.211. The number of pyridine rings is 1. The molecule has 0 radical (unpaired) electrons. The second kappa shape index (κ2) is 5.75. The second-order valence-corrected chi connectivity index (χ2v) is 5.97. The van der Waals surface area contributed by atoms with Crippen molar-refractivity contribution in [3.8, 4) is 0 Å². The third-order valence-electron chi connectivity index (χ3n) is 2.46. The van der Waals surface area contributed by atoms with Crippen LogP contribution in [0.5, 0.6) is 0 Å². The molecule has 7 heteroatoms. The van der Waals surface area contributed by atoms with Gasteiger partial charge in [0.2, 0.25) is 0 Å². The summed E-state index contributed by atoms with van der Waals surface area (Å²) in [5.74, 6) is 0.632. The van der Waals surface area contributed by atoms with Gasteiger partial charge in [-0.25, -0.2) is 4.98 Å². The van der Waals surface area contributed by atoms with E-state index in [9.17, 15) is 0 Å². The van der Waals surface area contributed by atoms with E-state index in [2.05, 4.69) is 26.2 Å². The predicted molar refractivity (Wildman–Crippen MR) is 85.8 cm³/mol. The van der Waals surface area contributed by atoms with Crippen molar-refractivity contribution in [1.29, 1.82) is 0 Å². The van der Waals surface area contributed by atoms with Crippen LogP contribution in [-0.2, 0) is 0 Å². The first-order chi connectivity index (χ1) is 8.88. The lowest BCUT2D eigenvalue weighted by Crippen LogP contribution is -2.00. The van der Waals surface area contributed by atoms with Crippen molar-refractivity contribution >= 4 is 68.1 Å². The number of nitrogens with two attached hydrogens (primary N) is 1. The maximum Gasteiger partial charge on any atom is 0.151 e. The Kier molecular flexibility index (Phi) is 4.46. The zero-order valence-corrected chi connectivity index (χ0v) is 13.6. The lowest BCUT2D eigenvalue weighted by atomic mass is 10.2. The Balaban J connectivity index is 2.42. The SMILES string of the molecule is Cc1cc(Br)c(Nc2nc(N)c(Cl)cc2Cl)cc1Cl. The van der Waals surface area contributed by atoms with Crippen molar-refractivity contribution in [3.05, 3.63) is 43.3 Å². The summed E-state index contributed by atoms with van der Waals surface area (Å²) < 4.78 is 0.848. The largest absolute Gasteiger partial charge is 0.382 e. The molecular weight excluding hydrogens is 372 g/mol. The van der Waals surface area contributed by atoms with Gasteiger partial charge >= 0.3 is 0 Å². The summed E-state index contributed by atoms with van der Waals surface area (Å²) in [6, 6.07) is 5.22. The van der Waals surface area contributed by atoms with E-state index in [1.54, 1.807) is 6.07 Å². The Morgan fingerprint density at radius 1 is 1.11 bits per heavy atom. The molecule has 0 saturated carbocycles. The number of hydrogen-bond acceptors (Lipinski definition) is 3. The van der Waals surface area contributed by atoms with Crippen LogP contribution >= 0.6 is 50.7 Å². The highest BCUT2D eigenvalue weighted by molar-refractivity contribution is 9.10. The Labute approximate surface area is 134 Å². The number of hydrogen-bond donors (Lipinski definition) is 2. The number of aryl methyl sites for hydroxylation is 1. The maximum atomic E-state index is 6.09. The molecule has 19 heavy (non-hydrogen) atoms. The van der Waals surface area contributed by atoms with Gasteiger partial charge in [0, 0.05) is 9.50 Å². The maximum absolute atomic E-state index is 6.09. The number of aromatic nitrogens is 1. The Morgan fingerprint density at radius 2 is 1.79 bits per heavy atom. The lowest BCUT2D eigenvalue weighted by molar-refractivity contribution is 1.31. The van der Waals surface area contributed by atoms with E-state index < -0.39 is 0 Å². The third-order valence-corrected chi connectivity index (χ3v) is 4.11. The molecule has 0 atom stereocenters. The van der Waals surface area contributed by atoms with Crippen LogP contribution in [0, 0.1) is 6.92 Å². The highest BCUT2D eigenvalue weighted by Crippen LogP contribution is 2.34. The molecule has 3 nitrogen and oxygen atoms in total. The Hall–Kier alpha value is -0.680. The zero-order valence-electron chi connectivity index (χ0n) is 9.77. The van der Waals surface area contributed by atoms with E-state index in [1.165, 1.54) is 6.07 Å². The summed E-state index contributed by atoms with van der Waals surface area (Å²) in [5.41, 5.74) is 7.36. The fraction of sp³-hybridized carbons (Fsp3) is 0.0833. The van der Waals surface area contributed by atoms with Crippen LogP contribution in [0.1, 0.15) is 5.56 Å². The minimum absolute atomic E-state index is 0.211. The molecule has 0 aliphatic heterocycles. The van der Waals surface area contributed by atoms with Gasteiger partial charge in [0.15, 0.2) is 5.82 Å². The van der Waals surface area contributed by atoms with Gasteiger partial charge in [-0.3, -0.25) is 0 Å². The average Bonchev–Trinajstić information content (AvgIpc) is 2.32. The number of anilines is 3. The van der Waals surface area contributed by atoms with Crippen LogP contribution in [-0.4, -0.2) is 4.98 Å². The molecule has 100 valence electrons. The molecule has 0 fully saturated rings. The molecule has 0 amide bonds. The molecule has 0 saturated heterocycles. The second-order valence-electron chi connectivity index (χ2n) is 3.89. The molecule has 2 rings (SSSR count). The Bertz CT molecular complexity index is 591. The van der Waals surface area contributed by atoms with Gasteiger partial charge in [-0.1, -0.05) is 34.8 Å². The van der Waals surface area contributed by atoms with Crippen LogP contribution in [0.25, 0.3) is 0 Å². The number of nitrogen functional groups attached to an aromatic ring is 1. The lowest BCUT2D eigenvalue weighted by Gasteiger charge is -2.12. The van der Waals surface area contributed by atoms with Gasteiger partial charge in [0.1, 0.15) is 5.82 Å². The van der Waals surface area contributed by atoms with Gasteiger partial charge in [-0.05, 0) is 46.6 Å². The van der Waals surface area contributed by atoms with Crippen molar-refractivity contribution in [2.45, 2.75) is 6.92 Å². The molecule has 0 spiro atoms. The first kappa shape index (κ1) is 14.7. The first-order valence-corrected chi connectivity index (χ1v) is 7.15. The van der Waals surface area contributed by atoms with E-state index in [4.69, 9.17) is 40.5 Å². The van der Waals surface area contributed by atoms with Gasteiger partial charge in [0.25, 0.3) is 0 Å². The molecule has 2 aromatic rings. The van der Waals surface area contributed by atoms with Crippen molar-refractivity contribution < 1.29 is 0 Å². The minimum Gasteiger partial charge on any atom is -0.382 e. The molecule has 3 N–H and O–H groups in total. The van der Waals surface area contributed by atoms with Crippen LogP contribution < -0.4 is 11.1 Å². The van der Waals surface area contributed by atoms with E-state index in [-0.39, 0.29) is 5.82 Å². The highest BCUT2D eigenvalue weighted by atomic mass is 79.9. The number of rotatable bonds is 2. The summed E-state index contributed by atoms with van der Waals surface area (Å²) >= 11 is 21.4. The summed E-state index contributed by atoms with van der Waals surface area (Å²) in [5, 5.41) is 4.40. The van der Waals surface area contributed by atoms with E-state index in [1.807, 2.05) is 13.0 Å².